The van der Waals surface area contributed by atoms with Crippen molar-refractivity contribution in [2.24, 2.45) is 0 Å². The van der Waals surface area contributed by atoms with Crippen molar-refractivity contribution in [2.75, 3.05) is 5.32 Å². The van der Waals surface area contributed by atoms with Gasteiger partial charge in [-0.3, -0.25) is 4.79 Å². The fraction of sp³-hybridized carbons (Fsp3) is 0.286. The molecule has 0 radical (unpaired) electrons. The van der Waals surface area contributed by atoms with E-state index in [0.717, 1.165) is 11.5 Å². The fourth-order valence-electron chi connectivity index (χ4n) is 1.63. The molecule has 0 aliphatic heterocycles. The molecule has 0 saturated heterocycles. The van der Waals surface area contributed by atoms with E-state index in [1.807, 2.05) is 25.1 Å². The van der Waals surface area contributed by atoms with Crippen LogP contribution in [0.25, 0.3) is 0 Å². The molecule has 2 rings (SSSR count). The van der Waals surface area contributed by atoms with Crippen molar-refractivity contribution in [3.05, 3.63) is 40.9 Å². The highest BCUT2D eigenvalue weighted by atomic mass is 32.1. The molecule has 1 heterocycles. The number of nitrogens with zero attached hydrogens (tertiary/aromatic N) is 2. The standard InChI is InChI=1S/C14H15N3O3S/c1-3-11-12(21-17-16-11)14(19)20-9(2)13(18)15-10-7-5-4-6-8-10/h4-9H,3H2,1-2H3,(H,15,18)/t9-/m0/s1. The number of aryl methyl sites for hydroxylation is 1. The summed E-state index contributed by atoms with van der Waals surface area (Å²) in [5.74, 6) is -0.956. The molecule has 0 aliphatic rings. The molecule has 21 heavy (non-hydrogen) atoms. The third-order valence-corrected chi connectivity index (χ3v) is 3.52. The van der Waals surface area contributed by atoms with Gasteiger partial charge in [0, 0.05) is 5.69 Å². The van der Waals surface area contributed by atoms with E-state index in [-0.39, 0.29) is 5.91 Å². The Morgan fingerprint density at radius 2 is 2.05 bits per heavy atom. The zero-order valence-corrected chi connectivity index (χ0v) is 12.5. The van der Waals surface area contributed by atoms with E-state index >= 15 is 0 Å². The normalized spacial score (nSPS) is 11.7. The molecular weight excluding hydrogens is 290 g/mol. The molecule has 0 bridgehead atoms. The minimum atomic E-state index is -0.899. The molecule has 0 saturated carbocycles. The van der Waals surface area contributed by atoms with Gasteiger partial charge in [-0.1, -0.05) is 29.6 Å². The summed E-state index contributed by atoms with van der Waals surface area (Å²) in [4.78, 5) is 24.3. The Bertz CT molecular complexity index is 627. The minimum absolute atomic E-state index is 0.344. The molecule has 1 atom stereocenters. The summed E-state index contributed by atoms with van der Waals surface area (Å²) in [5, 5.41) is 6.52. The molecule has 0 spiro atoms. The summed E-state index contributed by atoms with van der Waals surface area (Å²) in [6.07, 6.45) is -0.310. The lowest BCUT2D eigenvalue weighted by molar-refractivity contribution is -0.123. The van der Waals surface area contributed by atoms with Gasteiger partial charge in [-0.15, -0.1) is 5.10 Å². The van der Waals surface area contributed by atoms with Crippen LogP contribution in [0.15, 0.2) is 30.3 Å². The maximum atomic E-state index is 12.0. The maximum absolute atomic E-state index is 12.0. The van der Waals surface area contributed by atoms with Crippen LogP contribution in [0.1, 0.15) is 29.2 Å². The van der Waals surface area contributed by atoms with E-state index < -0.39 is 12.1 Å². The number of rotatable bonds is 5. The number of ether oxygens (including phenoxy) is 1. The summed E-state index contributed by atoms with van der Waals surface area (Å²) >= 11 is 0.973. The second-order valence-corrected chi connectivity index (χ2v) is 5.06. The second-order valence-electron chi connectivity index (χ2n) is 4.31. The summed E-state index contributed by atoms with van der Waals surface area (Å²) in [6, 6.07) is 8.98. The lowest BCUT2D eigenvalue weighted by Gasteiger charge is -2.13. The Hall–Kier alpha value is -2.28. The average Bonchev–Trinajstić information content (AvgIpc) is 2.96. The maximum Gasteiger partial charge on any atom is 0.352 e. The monoisotopic (exact) mass is 305 g/mol. The first-order valence-electron chi connectivity index (χ1n) is 6.50. The van der Waals surface area contributed by atoms with Crippen molar-refractivity contribution in [3.8, 4) is 0 Å². The van der Waals surface area contributed by atoms with E-state index in [1.165, 1.54) is 6.92 Å². The van der Waals surface area contributed by atoms with E-state index in [4.69, 9.17) is 4.74 Å². The van der Waals surface area contributed by atoms with E-state index in [0.29, 0.717) is 22.7 Å². The minimum Gasteiger partial charge on any atom is -0.448 e. The number of esters is 1. The number of amides is 1. The van der Waals surface area contributed by atoms with Gasteiger partial charge in [0.1, 0.15) is 0 Å². The molecule has 0 fully saturated rings. The first-order valence-corrected chi connectivity index (χ1v) is 7.27. The topological polar surface area (TPSA) is 81.2 Å². The molecule has 7 heteroatoms. The Balaban J connectivity index is 1.96. The molecule has 110 valence electrons. The van der Waals surface area contributed by atoms with Crippen molar-refractivity contribution in [1.82, 2.24) is 9.59 Å². The first-order chi connectivity index (χ1) is 10.1. The van der Waals surface area contributed by atoms with Crippen LogP contribution in [-0.2, 0) is 16.0 Å². The van der Waals surface area contributed by atoms with Crippen molar-refractivity contribution >= 4 is 29.1 Å². The third kappa shape index (κ3) is 3.85. The lowest BCUT2D eigenvalue weighted by atomic mass is 10.3. The molecule has 1 amide bonds. The number of carbonyl (C=O) groups excluding carboxylic acids is 2. The number of carbonyl (C=O) groups is 2. The van der Waals surface area contributed by atoms with Gasteiger partial charge in [0.05, 0.1) is 5.69 Å². The summed E-state index contributed by atoms with van der Waals surface area (Å²) in [6.45, 7) is 3.40. The molecule has 1 aromatic carbocycles. The van der Waals surface area contributed by atoms with Gasteiger partial charge in [0.25, 0.3) is 5.91 Å². The van der Waals surface area contributed by atoms with Gasteiger partial charge in [-0.25, -0.2) is 4.79 Å². The predicted octanol–water partition coefficient (Wildman–Crippen LogP) is 2.28. The summed E-state index contributed by atoms with van der Waals surface area (Å²) < 4.78 is 8.87. The van der Waals surface area contributed by atoms with Crippen molar-refractivity contribution in [1.29, 1.82) is 0 Å². The number of benzene rings is 1. The van der Waals surface area contributed by atoms with E-state index in [9.17, 15) is 9.59 Å². The van der Waals surface area contributed by atoms with Crippen LogP contribution in [0.3, 0.4) is 0 Å². The number of para-hydroxylation sites is 1. The van der Waals surface area contributed by atoms with Gasteiger partial charge in [-0.2, -0.15) is 0 Å². The first kappa shape index (κ1) is 15.1. The largest absolute Gasteiger partial charge is 0.448 e. The summed E-state index contributed by atoms with van der Waals surface area (Å²) in [5.41, 5.74) is 1.24. The van der Waals surface area contributed by atoms with Gasteiger partial charge in [0.15, 0.2) is 11.0 Å². The van der Waals surface area contributed by atoms with Crippen LogP contribution in [0.5, 0.6) is 0 Å². The van der Waals surface area contributed by atoms with Crippen LogP contribution in [-0.4, -0.2) is 27.6 Å². The van der Waals surface area contributed by atoms with Crippen LogP contribution < -0.4 is 5.32 Å². The number of hydrogen-bond donors (Lipinski definition) is 1. The Labute approximate surface area is 126 Å². The predicted molar refractivity (Wildman–Crippen MR) is 79.2 cm³/mol. The van der Waals surface area contributed by atoms with Gasteiger partial charge >= 0.3 is 5.97 Å². The Morgan fingerprint density at radius 1 is 1.33 bits per heavy atom. The zero-order valence-electron chi connectivity index (χ0n) is 11.7. The van der Waals surface area contributed by atoms with Crippen LogP contribution >= 0.6 is 11.5 Å². The molecular formula is C14H15N3O3S. The molecule has 1 N–H and O–H groups in total. The van der Waals surface area contributed by atoms with Crippen molar-refractivity contribution in [2.45, 2.75) is 26.4 Å². The second kappa shape index (κ2) is 6.94. The summed E-state index contributed by atoms with van der Waals surface area (Å²) in [7, 11) is 0. The number of nitrogens with one attached hydrogen (secondary N) is 1. The molecule has 0 unspecified atom stereocenters. The SMILES string of the molecule is CCc1nnsc1C(=O)O[C@@H](C)C(=O)Nc1ccccc1. The van der Waals surface area contributed by atoms with Crippen molar-refractivity contribution < 1.29 is 14.3 Å². The highest BCUT2D eigenvalue weighted by Crippen LogP contribution is 2.14. The highest BCUT2D eigenvalue weighted by Gasteiger charge is 2.22. The quantitative estimate of drug-likeness (QED) is 0.857. The number of aromatic nitrogens is 2. The molecule has 2 aromatic rings. The van der Waals surface area contributed by atoms with Gasteiger partial charge in [-0.05, 0) is 37.0 Å². The van der Waals surface area contributed by atoms with Crippen LogP contribution in [0.2, 0.25) is 0 Å². The Kier molecular flexibility index (Phi) is 4.99. The smallest absolute Gasteiger partial charge is 0.352 e. The number of anilines is 1. The Morgan fingerprint density at radius 3 is 2.71 bits per heavy atom. The van der Waals surface area contributed by atoms with Gasteiger partial charge < -0.3 is 10.1 Å². The molecule has 1 aromatic heterocycles. The highest BCUT2D eigenvalue weighted by molar-refractivity contribution is 7.07. The lowest BCUT2D eigenvalue weighted by Crippen LogP contribution is -2.30. The van der Waals surface area contributed by atoms with Gasteiger partial charge in [0.2, 0.25) is 0 Å². The molecule has 6 nitrogen and oxygen atoms in total. The average molecular weight is 305 g/mol. The third-order valence-electron chi connectivity index (χ3n) is 2.77. The fourth-order valence-corrected chi connectivity index (χ4v) is 2.26. The van der Waals surface area contributed by atoms with E-state index in [1.54, 1.807) is 12.1 Å². The number of hydrogen-bond acceptors (Lipinski definition) is 6. The molecule has 0 aliphatic carbocycles. The van der Waals surface area contributed by atoms with Crippen molar-refractivity contribution in [3.63, 3.8) is 0 Å². The van der Waals surface area contributed by atoms with Crippen LogP contribution in [0.4, 0.5) is 5.69 Å². The van der Waals surface area contributed by atoms with Crippen LogP contribution in [0, 0.1) is 0 Å². The van der Waals surface area contributed by atoms with E-state index in [2.05, 4.69) is 14.9 Å². The zero-order chi connectivity index (χ0) is 15.2.